The number of carboxylic acid groups (broad SMARTS) is 1. The predicted octanol–water partition coefficient (Wildman–Crippen LogP) is 1.50. The van der Waals surface area contributed by atoms with Crippen molar-refractivity contribution in [1.29, 1.82) is 0 Å². The molecular formula is C7H14O4. The summed E-state index contributed by atoms with van der Waals surface area (Å²) in [5.41, 5.74) is 0. The summed E-state index contributed by atoms with van der Waals surface area (Å²) < 4.78 is 9.25. The molecule has 11 heavy (non-hydrogen) atoms. The average Bonchev–Trinajstić information content (AvgIpc) is 1.96. The van der Waals surface area contributed by atoms with Gasteiger partial charge in [-0.25, -0.2) is 4.79 Å². The third-order valence-corrected chi connectivity index (χ3v) is 1.10. The second-order valence-electron chi connectivity index (χ2n) is 2.08. The molecule has 0 radical (unpaired) electrons. The van der Waals surface area contributed by atoms with Crippen LogP contribution in [-0.2, 0) is 9.47 Å². The highest BCUT2D eigenvalue weighted by molar-refractivity contribution is 5.56. The molecule has 0 saturated heterocycles. The first-order valence-electron chi connectivity index (χ1n) is 3.70. The number of rotatable bonds is 6. The van der Waals surface area contributed by atoms with Crippen LogP contribution in [0.5, 0.6) is 0 Å². The lowest BCUT2D eigenvalue weighted by molar-refractivity contribution is 0.0470. The van der Waals surface area contributed by atoms with Crippen LogP contribution in [0.25, 0.3) is 0 Å². The van der Waals surface area contributed by atoms with E-state index in [1.807, 2.05) is 0 Å². The molecule has 0 spiro atoms. The van der Waals surface area contributed by atoms with Gasteiger partial charge in [-0.15, -0.1) is 0 Å². The summed E-state index contributed by atoms with van der Waals surface area (Å²) in [6.07, 6.45) is 0.844. The minimum Gasteiger partial charge on any atom is -0.450 e. The van der Waals surface area contributed by atoms with E-state index in [0.717, 1.165) is 12.8 Å². The molecule has 0 aliphatic rings. The van der Waals surface area contributed by atoms with Crippen LogP contribution >= 0.6 is 0 Å². The molecule has 0 rings (SSSR count). The molecule has 0 unspecified atom stereocenters. The summed E-state index contributed by atoms with van der Waals surface area (Å²) in [6, 6.07) is 0. The molecule has 66 valence electrons. The lowest BCUT2D eigenvalue weighted by atomic mass is 10.4. The SMILES string of the molecule is CCCCOCCOC(=O)O. The summed E-state index contributed by atoms with van der Waals surface area (Å²) in [5.74, 6) is 0. The van der Waals surface area contributed by atoms with Gasteiger partial charge in [0.25, 0.3) is 0 Å². The van der Waals surface area contributed by atoms with Gasteiger partial charge in [-0.05, 0) is 6.42 Å². The van der Waals surface area contributed by atoms with Gasteiger partial charge < -0.3 is 14.6 Å². The van der Waals surface area contributed by atoms with Crippen molar-refractivity contribution in [2.75, 3.05) is 19.8 Å². The highest BCUT2D eigenvalue weighted by Gasteiger charge is 1.94. The fourth-order valence-electron chi connectivity index (χ4n) is 0.536. The Labute approximate surface area is 66.1 Å². The summed E-state index contributed by atoms with van der Waals surface area (Å²) in [7, 11) is 0. The van der Waals surface area contributed by atoms with Crippen molar-refractivity contribution in [2.45, 2.75) is 19.8 Å². The molecule has 0 bridgehead atoms. The standard InChI is InChI=1S/C7H14O4/c1-2-3-4-10-5-6-11-7(8)9/h2-6H2,1H3,(H,8,9). The van der Waals surface area contributed by atoms with Crippen LogP contribution in [0, 0.1) is 0 Å². The van der Waals surface area contributed by atoms with E-state index >= 15 is 0 Å². The van der Waals surface area contributed by atoms with E-state index in [-0.39, 0.29) is 6.61 Å². The van der Waals surface area contributed by atoms with Gasteiger partial charge in [0.2, 0.25) is 0 Å². The molecule has 0 saturated carbocycles. The van der Waals surface area contributed by atoms with Crippen LogP contribution in [0.2, 0.25) is 0 Å². The van der Waals surface area contributed by atoms with E-state index in [4.69, 9.17) is 9.84 Å². The highest BCUT2D eigenvalue weighted by Crippen LogP contribution is 1.87. The molecule has 4 heteroatoms. The normalized spacial score (nSPS) is 9.55. The molecule has 0 heterocycles. The Bertz CT molecular complexity index is 103. The van der Waals surface area contributed by atoms with E-state index in [2.05, 4.69) is 11.7 Å². The Morgan fingerprint density at radius 2 is 2.09 bits per heavy atom. The van der Waals surface area contributed by atoms with Crippen LogP contribution in [0.3, 0.4) is 0 Å². The molecule has 0 amide bonds. The smallest absolute Gasteiger partial charge is 0.450 e. The Morgan fingerprint density at radius 3 is 2.64 bits per heavy atom. The quantitative estimate of drug-likeness (QED) is 0.475. The van der Waals surface area contributed by atoms with Crippen molar-refractivity contribution in [1.82, 2.24) is 0 Å². The Kier molecular flexibility index (Phi) is 6.82. The summed E-state index contributed by atoms with van der Waals surface area (Å²) in [4.78, 5) is 9.81. The minimum absolute atomic E-state index is 0.124. The number of hydrogen-bond acceptors (Lipinski definition) is 3. The first kappa shape index (κ1) is 10.2. The predicted molar refractivity (Wildman–Crippen MR) is 39.7 cm³/mol. The van der Waals surface area contributed by atoms with Crippen molar-refractivity contribution in [3.05, 3.63) is 0 Å². The highest BCUT2D eigenvalue weighted by atomic mass is 16.7. The zero-order chi connectivity index (χ0) is 8.53. The maximum atomic E-state index is 9.81. The van der Waals surface area contributed by atoms with Gasteiger partial charge in [0.15, 0.2) is 0 Å². The third kappa shape index (κ3) is 9.23. The Morgan fingerprint density at radius 1 is 1.36 bits per heavy atom. The molecular weight excluding hydrogens is 148 g/mol. The number of unbranched alkanes of at least 4 members (excludes halogenated alkanes) is 1. The van der Waals surface area contributed by atoms with E-state index in [1.54, 1.807) is 0 Å². The topological polar surface area (TPSA) is 55.8 Å². The maximum absolute atomic E-state index is 9.81. The number of carbonyl (C=O) groups is 1. The molecule has 0 aromatic heterocycles. The van der Waals surface area contributed by atoms with Crippen molar-refractivity contribution in [3.8, 4) is 0 Å². The number of ether oxygens (including phenoxy) is 2. The van der Waals surface area contributed by atoms with Gasteiger partial charge in [0.1, 0.15) is 6.61 Å². The van der Waals surface area contributed by atoms with Crippen molar-refractivity contribution >= 4 is 6.16 Å². The van der Waals surface area contributed by atoms with Gasteiger partial charge in [-0.1, -0.05) is 13.3 Å². The second kappa shape index (κ2) is 7.34. The molecule has 0 aliphatic heterocycles. The summed E-state index contributed by atoms with van der Waals surface area (Å²) in [5, 5.41) is 8.04. The first-order chi connectivity index (χ1) is 5.27. The Hall–Kier alpha value is -0.770. The zero-order valence-corrected chi connectivity index (χ0v) is 6.71. The molecule has 0 aliphatic carbocycles. The van der Waals surface area contributed by atoms with E-state index in [1.165, 1.54) is 0 Å². The van der Waals surface area contributed by atoms with Crippen molar-refractivity contribution in [2.24, 2.45) is 0 Å². The second-order valence-corrected chi connectivity index (χ2v) is 2.08. The monoisotopic (exact) mass is 162 g/mol. The average molecular weight is 162 g/mol. The maximum Gasteiger partial charge on any atom is 0.505 e. The van der Waals surface area contributed by atoms with Gasteiger partial charge >= 0.3 is 6.16 Å². The van der Waals surface area contributed by atoms with Crippen LogP contribution in [0.15, 0.2) is 0 Å². The van der Waals surface area contributed by atoms with E-state index in [9.17, 15) is 4.79 Å². The first-order valence-corrected chi connectivity index (χ1v) is 3.70. The van der Waals surface area contributed by atoms with Crippen LogP contribution in [0.4, 0.5) is 4.79 Å². The van der Waals surface area contributed by atoms with Crippen LogP contribution in [0.1, 0.15) is 19.8 Å². The summed E-state index contributed by atoms with van der Waals surface area (Å²) in [6.45, 7) is 3.22. The lowest BCUT2D eigenvalue weighted by Gasteiger charge is -2.01. The molecule has 0 aromatic rings. The van der Waals surface area contributed by atoms with Crippen molar-refractivity contribution < 1.29 is 19.4 Å². The molecule has 4 nitrogen and oxygen atoms in total. The van der Waals surface area contributed by atoms with Gasteiger partial charge in [0.05, 0.1) is 6.61 Å². The minimum atomic E-state index is -1.25. The Balaban J connectivity index is 2.85. The zero-order valence-electron chi connectivity index (χ0n) is 6.71. The summed E-state index contributed by atoms with van der Waals surface area (Å²) >= 11 is 0. The van der Waals surface area contributed by atoms with Gasteiger partial charge in [-0.3, -0.25) is 0 Å². The third-order valence-electron chi connectivity index (χ3n) is 1.10. The molecule has 1 N–H and O–H groups in total. The largest absolute Gasteiger partial charge is 0.505 e. The fourth-order valence-corrected chi connectivity index (χ4v) is 0.536. The molecule has 0 aromatic carbocycles. The van der Waals surface area contributed by atoms with E-state index < -0.39 is 6.16 Å². The lowest BCUT2D eigenvalue weighted by Crippen LogP contribution is -2.08. The van der Waals surface area contributed by atoms with Crippen LogP contribution in [-0.4, -0.2) is 31.1 Å². The van der Waals surface area contributed by atoms with E-state index in [0.29, 0.717) is 13.2 Å². The molecule has 0 atom stereocenters. The van der Waals surface area contributed by atoms with Crippen molar-refractivity contribution in [3.63, 3.8) is 0 Å². The van der Waals surface area contributed by atoms with Crippen LogP contribution < -0.4 is 0 Å². The van der Waals surface area contributed by atoms with Gasteiger partial charge in [-0.2, -0.15) is 0 Å². The van der Waals surface area contributed by atoms with Gasteiger partial charge in [0, 0.05) is 6.61 Å². The molecule has 0 fully saturated rings. The number of hydrogen-bond donors (Lipinski definition) is 1. The fraction of sp³-hybridized carbons (Fsp3) is 0.857.